The van der Waals surface area contributed by atoms with Crippen LogP contribution in [0.5, 0.6) is 0 Å². The van der Waals surface area contributed by atoms with Gasteiger partial charge in [-0.3, -0.25) is 4.90 Å². The van der Waals surface area contributed by atoms with Crippen LogP contribution in [0.2, 0.25) is 0 Å². The van der Waals surface area contributed by atoms with Gasteiger partial charge in [-0.2, -0.15) is 0 Å². The van der Waals surface area contributed by atoms with E-state index in [-0.39, 0.29) is 12.3 Å². The van der Waals surface area contributed by atoms with Gasteiger partial charge in [-0.05, 0) is 37.1 Å². The highest BCUT2D eigenvalue weighted by atomic mass is 16.4. The minimum absolute atomic E-state index is 0.0326. The number of hydrogen-bond acceptors (Lipinski definition) is 6. The molecule has 0 bridgehead atoms. The first kappa shape index (κ1) is 17.4. The normalized spacial score (nSPS) is 15.6. The Kier molecular flexibility index (Phi) is 5.00. The van der Waals surface area contributed by atoms with Crippen molar-refractivity contribution < 1.29 is 15.0 Å². The van der Waals surface area contributed by atoms with Crippen molar-refractivity contribution in [3.63, 3.8) is 0 Å². The van der Waals surface area contributed by atoms with E-state index in [1.54, 1.807) is 0 Å². The van der Waals surface area contributed by atoms with Crippen LogP contribution in [-0.4, -0.2) is 75.4 Å². The minimum atomic E-state index is -1.08. The average molecular weight is 345 g/mol. The monoisotopic (exact) mass is 345 g/mol. The van der Waals surface area contributed by atoms with Crippen LogP contribution in [-0.2, 0) is 0 Å². The molecule has 8 heteroatoms. The third kappa shape index (κ3) is 3.80. The maximum Gasteiger partial charge on any atom is 0.360 e. The van der Waals surface area contributed by atoms with Gasteiger partial charge in [-0.1, -0.05) is 6.07 Å². The number of carbonyl (C=O) groups is 1. The van der Waals surface area contributed by atoms with Gasteiger partial charge in [0.2, 0.25) is 5.69 Å². The Balaban J connectivity index is 1.89. The number of aryl methyl sites for hydroxylation is 2. The highest BCUT2D eigenvalue weighted by molar-refractivity contribution is 5.91. The number of piperazine rings is 1. The molecule has 1 fully saturated rings. The molecule has 1 aliphatic rings. The van der Waals surface area contributed by atoms with Gasteiger partial charge in [0.15, 0.2) is 5.82 Å². The summed E-state index contributed by atoms with van der Waals surface area (Å²) in [5.74, 6) is -0.682. The largest absolute Gasteiger partial charge is 0.476 e. The molecule has 0 unspecified atom stereocenters. The van der Waals surface area contributed by atoms with E-state index in [4.69, 9.17) is 5.11 Å². The molecule has 0 atom stereocenters. The number of carboxylic acids is 1. The van der Waals surface area contributed by atoms with E-state index in [9.17, 15) is 9.90 Å². The number of benzene rings is 1. The molecule has 2 N–H and O–H groups in total. The van der Waals surface area contributed by atoms with Gasteiger partial charge in [-0.15, -0.1) is 15.0 Å². The van der Waals surface area contributed by atoms with Crippen molar-refractivity contribution >= 4 is 11.8 Å². The topological polar surface area (TPSA) is 94.7 Å². The van der Waals surface area contributed by atoms with Crippen LogP contribution in [0.4, 0.5) is 5.82 Å². The maximum absolute atomic E-state index is 11.6. The zero-order chi connectivity index (χ0) is 18.0. The number of rotatable bonds is 5. The van der Waals surface area contributed by atoms with Gasteiger partial charge >= 0.3 is 5.97 Å². The quantitative estimate of drug-likeness (QED) is 0.823. The zero-order valence-corrected chi connectivity index (χ0v) is 14.5. The summed E-state index contributed by atoms with van der Waals surface area (Å²) in [6.07, 6.45) is 0. The van der Waals surface area contributed by atoms with Gasteiger partial charge in [0.25, 0.3) is 0 Å². The molecule has 1 aromatic heterocycles. The first-order chi connectivity index (χ1) is 12.0. The van der Waals surface area contributed by atoms with Crippen LogP contribution in [0.3, 0.4) is 0 Å². The van der Waals surface area contributed by atoms with E-state index >= 15 is 0 Å². The van der Waals surface area contributed by atoms with Gasteiger partial charge in [-0.25, -0.2) is 4.79 Å². The van der Waals surface area contributed by atoms with Crippen molar-refractivity contribution in [2.75, 3.05) is 44.2 Å². The van der Waals surface area contributed by atoms with Crippen molar-refractivity contribution in [1.29, 1.82) is 0 Å². The summed E-state index contributed by atoms with van der Waals surface area (Å²) >= 11 is 0. The summed E-state index contributed by atoms with van der Waals surface area (Å²) < 4.78 is 0. The van der Waals surface area contributed by atoms with Crippen molar-refractivity contribution in [2.45, 2.75) is 13.8 Å². The fourth-order valence-electron chi connectivity index (χ4n) is 3.16. The lowest BCUT2D eigenvalue weighted by atomic mass is 10.1. The van der Waals surface area contributed by atoms with E-state index < -0.39 is 5.97 Å². The Hall–Kier alpha value is -2.45. The molecule has 8 nitrogen and oxygen atoms in total. The van der Waals surface area contributed by atoms with Crippen LogP contribution in [0, 0.1) is 13.8 Å². The maximum atomic E-state index is 11.6. The van der Waals surface area contributed by atoms with E-state index in [1.165, 1.54) is 4.80 Å². The fourth-order valence-corrected chi connectivity index (χ4v) is 3.16. The molecular weight excluding hydrogens is 322 g/mol. The zero-order valence-electron chi connectivity index (χ0n) is 14.5. The lowest BCUT2D eigenvalue weighted by Crippen LogP contribution is -2.47. The number of nitrogens with zero attached hydrogens (tertiary/aromatic N) is 5. The van der Waals surface area contributed by atoms with Gasteiger partial charge in [0.05, 0.1) is 12.3 Å². The molecule has 1 saturated heterocycles. The van der Waals surface area contributed by atoms with Crippen molar-refractivity contribution in [3.8, 4) is 5.69 Å². The molecule has 1 aromatic carbocycles. The number of aromatic nitrogens is 3. The SMILES string of the molecule is Cc1cc(C)cc(-n2nc(C(=O)O)c(N3CCN(CCO)CC3)n2)c1. The Labute approximate surface area is 146 Å². The number of carboxylic acid groups (broad SMARTS) is 1. The second-order valence-corrected chi connectivity index (χ2v) is 6.37. The minimum Gasteiger partial charge on any atom is -0.476 e. The summed E-state index contributed by atoms with van der Waals surface area (Å²) in [5, 5.41) is 27.2. The lowest BCUT2D eigenvalue weighted by Gasteiger charge is -2.34. The van der Waals surface area contributed by atoms with Crippen LogP contribution in [0.1, 0.15) is 21.6 Å². The number of aliphatic hydroxyl groups is 1. The summed E-state index contributed by atoms with van der Waals surface area (Å²) in [4.78, 5) is 17.1. The summed E-state index contributed by atoms with van der Waals surface area (Å²) in [6.45, 7) is 7.57. The Bertz CT molecular complexity index is 745. The highest BCUT2D eigenvalue weighted by Crippen LogP contribution is 2.21. The highest BCUT2D eigenvalue weighted by Gasteiger charge is 2.26. The summed E-state index contributed by atoms with van der Waals surface area (Å²) in [7, 11) is 0. The fraction of sp³-hybridized carbons (Fsp3) is 0.471. The predicted octanol–water partition coefficient (Wildman–Crippen LogP) is 0.697. The van der Waals surface area contributed by atoms with Gasteiger partial charge in [0, 0.05) is 32.7 Å². The van der Waals surface area contributed by atoms with E-state index in [0.29, 0.717) is 25.5 Å². The standard InChI is InChI=1S/C17H23N5O3/c1-12-9-13(2)11-14(10-12)22-18-15(17(24)25)16(19-22)21-5-3-20(4-6-21)7-8-23/h9-11,23H,3-8H2,1-2H3,(H,24,25). The summed E-state index contributed by atoms with van der Waals surface area (Å²) in [5.41, 5.74) is 2.87. The van der Waals surface area contributed by atoms with Crippen molar-refractivity contribution in [1.82, 2.24) is 19.9 Å². The van der Waals surface area contributed by atoms with Gasteiger partial charge in [0.1, 0.15) is 0 Å². The Morgan fingerprint density at radius 1 is 1.08 bits per heavy atom. The molecule has 3 rings (SSSR count). The molecular formula is C17H23N5O3. The number of aliphatic hydroxyl groups excluding tert-OH is 1. The van der Waals surface area contributed by atoms with Crippen LogP contribution in [0.25, 0.3) is 5.69 Å². The number of hydrogen-bond donors (Lipinski definition) is 2. The van der Waals surface area contributed by atoms with E-state index in [0.717, 1.165) is 29.9 Å². The lowest BCUT2D eigenvalue weighted by molar-refractivity contribution is 0.0690. The van der Waals surface area contributed by atoms with Crippen LogP contribution >= 0.6 is 0 Å². The predicted molar refractivity (Wildman–Crippen MR) is 93.5 cm³/mol. The molecule has 0 saturated carbocycles. The first-order valence-corrected chi connectivity index (χ1v) is 8.35. The third-order valence-corrected chi connectivity index (χ3v) is 4.32. The van der Waals surface area contributed by atoms with Crippen LogP contribution < -0.4 is 4.90 Å². The second-order valence-electron chi connectivity index (χ2n) is 6.37. The molecule has 1 aliphatic heterocycles. The van der Waals surface area contributed by atoms with Crippen molar-refractivity contribution in [3.05, 3.63) is 35.0 Å². The Morgan fingerprint density at radius 3 is 2.28 bits per heavy atom. The molecule has 0 radical (unpaired) electrons. The first-order valence-electron chi connectivity index (χ1n) is 8.35. The molecule has 2 aromatic rings. The smallest absolute Gasteiger partial charge is 0.360 e. The number of anilines is 1. The molecule has 134 valence electrons. The summed E-state index contributed by atoms with van der Waals surface area (Å²) in [6, 6.07) is 5.91. The average Bonchev–Trinajstić information content (AvgIpc) is 3.00. The number of aromatic carboxylic acids is 1. The van der Waals surface area contributed by atoms with Gasteiger partial charge < -0.3 is 15.1 Å². The molecule has 0 spiro atoms. The molecule has 25 heavy (non-hydrogen) atoms. The molecule has 0 amide bonds. The Morgan fingerprint density at radius 2 is 1.72 bits per heavy atom. The van der Waals surface area contributed by atoms with E-state index in [2.05, 4.69) is 15.1 Å². The van der Waals surface area contributed by atoms with E-state index in [1.807, 2.05) is 36.9 Å². The molecule has 2 heterocycles. The third-order valence-electron chi connectivity index (χ3n) is 4.32. The second kappa shape index (κ2) is 7.20. The van der Waals surface area contributed by atoms with Crippen molar-refractivity contribution in [2.24, 2.45) is 0 Å². The molecule has 0 aliphatic carbocycles. The number of β-amino-alcohol motifs (C(OH)–C–C–N with tert-alkyl or cyclic N) is 1. The van der Waals surface area contributed by atoms with Crippen LogP contribution in [0.15, 0.2) is 18.2 Å².